The number of pyridine rings is 1. The van der Waals surface area contributed by atoms with Crippen molar-refractivity contribution in [1.29, 1.82) is 0 Å². The number of carbonyl (C=O) groups excluding carboxylic acids is 1. The molecule has 1 aromatic rings. The zero-order valence-corrected chi connectivity index (χ0v) is 11.9. The summed E-state index contributed by atoms with van der Waals surface area (Å²) in [4.78, 5) is 18.5. The van der Waals surface area contributed by atoms with Crippen molar-refractivity contribution in [1.82, 2.24) is 10.3 Å². The lowest BCUT2D eigenvalue weighted by atomic mass is 9.86. The van der Waals surface area contributed by atoms with E-state index in [0.717, 1.165) is 30.7 Å². The molecule has 4 nitrogen and oxygen atoms in total. The van der Waals surface area contributed by atoms with E-state index in [4.69, 9.17) is 0 Å². The maximum atomic E-state index is 11.7. The topological polar surface area (TPSA) is 45.2 Å². The molecule has 1 N–H and O–H groups in total. The highest BCUT2D eigenvalue weighted by atomic mass is 16.1. The minimum absolute atomic E-state index is 0.0501. The van der Waals surface area contributed by atoms with Crippen LogP contribution in [0.2, 0.25) is 0 Å². The summed E-state index contributed by atoms with van der Waals surface area (Å²) in [6, 6.07) is 3.84. The number of hydrogen-bond donors (Lipinski definition) is 1. The number of amides is 1. The van der Waals surface area contributed by atoms with Crippen molar-refractivity contribution >= 4 is 11.7 Å². The van der Waals surface area contributed by atoms with Crippen molar-refractivity contribution in [2.24, 2.45) is 11.8 Å². The standard InChI is InChI=1S/C16H21N3O/c1-2-17-16(20)12-7-8-15(18-9-12)19-10-13-5-3-4-6-14(13)11-19/h3-4,7-9,13-14H,2,5-6,10-11H2,1H3,(H,17,20). The van der Waals surface area contributed by atoms with Crippen molar-refractivity contribution < 1.29 is 4.79 Å². The van der Waals surface area contributed by atoms with Crippen LogP contribution >= 0.6 is 0 Å². The molecule has 4 heteroatoms. The predicted octanol–water partition coefficient (Wildman–Crippen LogP) is 2.23. The fourth-order valence-corrected chi connectivity index (χ4v) is 3.17. The Morgan fingerprint density at radius 1 is 1.30 bits per heavy atom. The molecule has 0 saturated carbocycles. The fraction of sp³-hybridized carbons (Fsp3) is 0.500. The molecular formula is C16H21N3O. The smallest absolute Gasteiger partial charge is 0.252 e. The lowest BCUT2D eigenvalue weighted by molar-refractivity contribution is 0.0955. The molecule has 0 radical (unpaired) electrons. The Morgan fingerprint density at radius 3 is 2.55 bits per heavy atom. The van der Waals surface area contributed by atoms with Gasteiger partial charge in [0, 0.05) is 25.8 Å². The third-order valence-electron chi connectivity index (χ3n) is 4.29. The van der Waals surface area contributed by atoms with E-state index >= 15 is 0 Å². The van der Waals surface area contributed by atoms with Crippen molar-refractivity contribution in [2.45, 2.75) is 19.8 Å². The first-order chi connectivity index (χ1) is 9.78. The summed E-state index contributed by atoms with van der Waals surface area (Å²) < 4.78 is 0. The summed E-state index contributed by atoms with van der Waals surface area (Å²) in [5.74, 6) is 2.48. The van der Waals surface area contributed by atoms with Crippen LogP contribution in [0.3, 0.4) is 0 Å². The Kier molecular flexibility index (Phi) is 3.72. The number of nitrogens with one attached hydrogen (secondary N) is 1. The van der Waals surface area contributed by atoms with Crippen LogP contribution in [0, 0.1) is 11.8 Å². The molecule has 106 valence electrons. The van der Waals surface area contributed by atoms with Gasteiger partial charge in [-0.05, 0) is 43.7 Å². The lowest BCUT2D eigenvalue weighted by Gasteiger charge is -2.17. The molecule has 1 aliphatic heterocycles. The normalized spacial score (nSPS) is 24.6. The maximum Gasteiger partial charge on any atom is 0.252 e. The van der Waals surface area contributed by atoms with Gasteiger partial charge in [0.2, 0.25) is 0 Å². The van der Waals surface area contributed by atoms with E-state index in [9.17, 15) is 4.79 Å². The molecule has 2 atom stereocenters. The predicted molar refractivity (Wildman–Crippen MR) is 79.8 cm³/mol. The molecule has 1 amide bonds. The number of hydrogen-bond acceptors (Lipinski definition) is 3. The van der Waals surface area contributed by atoms with Crippen LogP contribution in [0.1, 0.15) is 30.1 Å². The fourth-order valence-electron chi connectivity index (χ4n) is 3.17. The van der Waals surface area contributed by atoms with Crippen LogP contribution in [0.15, 0.2) is 30.5 Å². The van der Waals surface area contributed by atoms with Crippen molar-refractivity contribution in [3.05, 3.63) is 36.0 Å². The Morgan fingerprint density at radius 2 is 2.00 bits per heavy atom. The third kappa shape index (κ3) is 2.55. The lowest BCUT2D eigenvalue weighted by Crippen LogP contribution is -2.24. The summed E-state index contributed by atoms with van der Waals surface area (Å²) in [5.41, 5.74) is 0.633. The SMILES string of the molecule is CCNC(=O)c1ccc(N2CC3CC=CCC3C2)nc1. The van der Waals surface area contributed by atoms with Gasteiger partial charge in [-0.1, -0.05) is 12.2 Å². The van der Waals surface area contributed by atoms with E-state index in [1.165, 1.54) is 12.8 Å². The second-order valence-corrected chi connectivity index (χ2v) is 5.63. The molecule has 2 aliphatic rings. The van der Waals surface area contributed by atoms with Gasteiger partial charge in [-0.3, -0.25) is 4.79 Å². The second kappa shape index (κ2) is 5.65. The maximum absolute atomic E-state index is 11.7. The molecule has 2 heterocycles. The first-order valence-corrected chi connectivity index (χ1v) is 7.42. The Labute approximate surface area is 119 Å². The molecule has 1 fully saturated rings. The molecule has 0 spiro atoms. The van der Waals surface area contributed by atoms with Gasteiger partial charge in [-0.25, -0.2) is 4.98 Å². The van der Waals surface area contributed by atoms with Crippen LogP contribution < -0.4 is 10.2 Å². The summed E-state index contributed by atoms with van der Waals surface area (Å²) >= 11 is 0. The average molecular weight is 271 g/mol. The van der Waals surface area contributed by atoms with Crippen molar-refractivity contribution in [3.8, 4) is 0 Å². The molecular weight excluding hydrogens is 250 g/mol. The second-order valence-electron chi connectivity index (χ2n) is 5.63. The molecule has 1 aromatic heterocycles. The van der Waals surface area contributed by atoms with Crippen LogP contribution in [-0.4, -0.2) is 30.5 Å². The molecule has 0 aromatic carbocycles. The van der Waals surface area contributed by atoms with Gasteiger partial charge >= 0.3 is 0 Å². The summed E-state index contributed by atoms with van der Waals surface area (Å²) in [6.07, 6.45) is 8.67. The third-order valence-corrected chi connectivity index (χ3v) is 4.29. The van der Waals surface area contributed by atoms with Crippen LogP contribution in [0.25, 0.3) is 0 Å². The Hall–Kier alpha value is -1.84. The highest BCUT2D eigenvalue weighted by molar-refractivity contribution is 5.94. The number of allylic oxidation sites excluding steroid dienone is 2. The largest absolute Gasteiger partial charge is 0.356 e. The van der Waals surface area contributed by atoms with E-state index in [1.807, 2.05) is 19.1 Å². The first kappa shape index (κ1) is 13.2. The van der Waals surface area contributed by atoms with Gasteiger partial charge in [0.1, 0.15) is 5.82 Å². The van der Waals surface area contributed by atoms with Gasteiger partial charge < -0.3 is 10.2 Å². The molecule has 2 unspecified atom stereocenters. The van der Waals surface area contributed by atoms with E-state index < -0.39 is 0 Å². The van der Waals surface area contributed by atoms with Gasteiger partial charge in [-0.15, -0.1) is 0 Å². The van der Waals surface area contributed by atoms with Crippen LogP contribution in [0.5, 0.6) is 0 Å². The molecule has 1 saturated heterocycles. The number of anilines is 1. The van der Waals surface area contributed by atoms with Crippen molar-refractivity contribution in [2.75, 3.05) is 24.5 Å². The van der Waals surface area contributed by atoms with E-state index in [-0.39, 0.29) is 5.91 Å². The quantitative estimate of drug-likeness (QED) is 0.858. The minimum atomic E-state index is -0.0501. The first-order valence-electron chi connectivity index (χ1n) is 7.42. The van der Waals surface area contributed by atoms with Crippen molar-refractivity contribution in [3.63, 3.8) is 0 Å². The zero-order chi connectivity index (χ0) is 13.9. The van der Waals surface area contributed by atoms with E-state index in [0.29, 0.717) is 12.1 Å². The van der Waals surface area contributed by atoms with Gasteiger partial charge in [0.05, 0.1) is 5.56 Å². The highest BCUT2D eigenvalue weighted by Crippen LogP contribution is 2.34. The summed E-state index contributed by atoms with van der Waals surface area (Å²) in [5, 5.41) is 2.79. The summed E-state index contributed by atoms with van der Waals surface area (Å²) in [6.45, 7) is 4.73. The molecule has 3 rings (SSSR count). The number of aromatic nitrogens is 1. The van der Waals surface area contributed by atoms with Gasteiger partial charge in [-0.2, -0.15) is 0 Å². The number of carbonyl (C=O) groups is 1. The number of fused-ring (bicyclic) bond motifs is 1. The van der Waals surface area contributed by atoms with E-state index in [1.54, 1.807) is 6.20 Å². The molecule has 20 heavy (non-hydrogen) atoms. The highest BCUT2D eigenvalue weighted by Gasteiger charge is 2.33. The van der Waals surface area contributed by atoms with Crippen LogP contribution in [-0.2, 0) is 0 Å². The molecule has 0 bridgehead atoms. The Bertz CT molecular complexity index is 493. The van der Waals surface area contributed by atoms with Gasteiger partial charge in [0.25, 0.3) is 5.91 Å². The van der Waals surface area contributed by atoms with E-state index in [2.05, 4.69) is 27.4 Å². The molecule has 1 aliphatic carbocycles. The number of nitrogens with zero attached hydrogens (tertiary/aromatic N) is 2. The minimum Gasteiger partial charge on any atom is -0.356 e. The number of rotatable bonds is 3. The van der Waals surface area contributed by atoms with Gasteiger partial charge in [0.15, 0.2) is 0 Å². The Balaban J connectivity index is 1.68. The van der Waals surface area contributed by atoms with Crippen LogP contribution in [0.4, 0.5) is 5.82 Å². The summed E-state index contributed by atoms with van der Waals surface area (Å²) in [7, 11) is 0. The average Bonchev–Trinajstić information content (AvgIpc) is 2.91. The zero-order valence-electron chi connectivity index (χ0n) is 11.9. The monoisotopic (exact) mass is 271 g/mol.